The number of amides is 2. The lowest BCUT2D eigenvalue weighted by Gasteiger charge is -2.34. The summed E-state index contributed by atoms with van der Waals surface area (Å²) in [6, 6.07) is 18.3. The van der Waals surface area contributed by atoms with E-state index in [4.69, 9.17) is 9.47 Å². The maximum Gasteiger partial charge on any atom is 0.244 e. The number of methoxy groups -OCH3 is 2. The molecule has 0 aliphatic heterocycles. The van der Waals surface area contributed by atoms with Crippen LogP contribution in [0.1, 0.15) is 31.4 Å². The van der Waals surface area contributed by atoms with E-state index in [-0.39, 0.29) is 36.4 Å². The van der Waals surface area contributed by atoms with Crippen LogP contribution >= 0.6 is 0 Å². The first-order chi connectivity index (χ1) is 20.0. The van der Waals surface area contributed by atoms with Gasteiger partial charge in [-0.1, -0.05) is 49.4 Å². The molecule has 3 aromatic carbocycles. The summed E-state index contributed by atoms with van der Waals surface area (Å²) < 4.78 is 51.2. The number of nitrogens with zero attached hydrogens (tertiary/aromatic N) is 2. The number of carbonyl (C=O) groups is 2. The Morgan fingerprint density at radius 3 is 2.14 bits per heavy atom. The van der Waals surface area contributed by atoms with E-state index in [1.54, 1.807) is 6.07 Å². The second kappa shape index (κ2) is 14.7. The van der Waals surface area contributed by atoms with Gasteiger partial charge in [0.25, 0.3) is 0 Å². The van der Waals surface area contributed by atoms with Gasteiger partial charge in [0, 0.05) is 25.1 Å². The molecule has 42 heavy (non-hydrogen) atoms. The van der Waals surface area contributed by atoms with E-state index in [1.165, 1.54) is 55.5 Å². The number of carbonyl (C=O) groups excluding carboxylic acids is 2. The first-order valence-electron chi connectivity index (χ1n) is 13.5. The van der Waals surface area contributed by atoms with E-state index in [0.29, 0.717) is 17.7 Å². The zero-order valence-electron chi connectivity index (χ0n) is 24.5. The van der Waals surface area contributed by atoms with Crippen LogP contribution in [0.3, 0.4) is 0 Å². The summed E-state index contributed by atoms with van der Waals surface area (Å²) in [6.45, 7) is 3.17. The van der Waals surface area contributed by atoms with Crippen molar-refractivity contribution in [3.8, 4) is 11.5 Å². The van der Waals surface area contributed by atoms with Crippen LogP contribution in [-0.4, -0.2) is 64.2 Å². The van der Waals surface area contributed by atoms with Gasteiger partial charge in [-0.25, -0.2) is 12.8 Å². The molecule has 0 spiro atoms. The van der Waals surface area contributed by atoms with Gasteiger partial charge in [-0.2, -0.15) is 0 Å². The van der Waals surface area contributed by atoms with Crippen LogP contribution in [0.15, 0.2) is 72.8 Å². The summed E-state index contributed by atoms with van der Waals surface area (Å²) in [5, 5.41) is 2.97. The molecule has 0 bridgehead atoms. The van der Waals surface area contributed by atoms with Crippen molar-refractivity contribution in [1.82, 2.24) is 10.2 Å². The van der Waals surface area contributed by atoms with Crippen molar-refractivity contribution in [2.75, 3.05) is 31.3 Å². The van der Waals surface area contributed by atoms with Crippen LogP contribution in [0, 0.1) is 5.82 Å². The lowest BCUT2D eigenvalue weighted by atomic mass is 10.0. The van der Waals surface area contributed by atoms with E-state index in [2.05, 4.69) is 5.32 Å². The highest BCUT2D eigenvalue weighted by Gasteiger charge is 2.33. The highest BCUT2D eigenvalue weighted by molar-refractivity contribution is 7.92. The molecule has 2 atom stereocenters. The average Bonchev–Trinajstić information content (AvgIpc) is 2.97. The topological polar surface area (TPSA) is 105 Å². The number of halogens is 1. The molecule has 2 amide bonds. The minimum absolute atomic E-state index is 0.0475. The van der Waals surface area contributed by atoms with Gasteiger partial charge in [0.2, 0.25) is 21.8 Å². The Bertz CT molecular complexity index is 1450. The fraction of sp³-hybridized carbons (Fsp3) is 0.355. The summed E-state index contributed by atoms with van der Waals surface area (Å²) >= 11 is 0. The van der Waals surface area contributed by atoms with Gasteiger partial charge in [-0.3, -0.25) is 13.9 Å². The molecule has 3 aromatic rings. The number of ether oxygens (including phenoxy) is 2. The van der Waals surface area contributed by atoms with Crippen LogP contribution in [0.2, 0.25) is 0 Å². The van der Waals surface area contributed by atoms with Crippen LogP contribution in [0.5, 0.6) is 11.5 Å². The minimum Gasteiger partial charge on any atom is -0.493 e. The van der Waals surface area contributed by atoms with Crippen molar-refractivity contribution in [1.29, 1.82) is 0 Å². The molecule has 0 heterocycles. The third-order valence-corrected chi connectivity index (χ3v) is 8.01. The van der Waals surface area contributed by atoms with Crippen LogP contribution in [0.4, 0.5) is 10.1 Å². The Kier molecular flexibility index (Phi) is 11.3. The Labute approximate surface area is 247 Å². The van der Waals surface area contributed by atoms with Crippen LogP contribution in [-0.2, 0) is 32.6 Å². The Balaban J connectivity index is 2.07. The standard InChI is InChI=1S/C31H38FN3O6S/c1-6-22(2)33-31(37)27(18-23-10-8-7-9-11-23)34(20-24-12-14-25(32)15-13-24)30(36)21-35(42(5,38)39)26-16-17-28(40-3)29(19-26)41-4/h7-17,19,22,27H,6,18,20-21H2,1-5H3,(H,33,37)/t22-,27-/m1/s1. The molecule has 11 heteroatoms. The predicted molar refractivity (Wildman–Crippen MR) is 161 cm³/mol. The lowest BCUT2D eigenvalue weighted by molar-refractivity contribution is -0.140. The van der Waals surface area contributed by atoms with Gasteiger partial charge >= 0.3 is 0 Å². The number of rotatable bonds is 14. The molecule has 226 valence electrons. The number of hydrogen-bond donors (Lipinski definition) is 1. The fourth-order valence-electron chi connectivity index (χ4n) is 4.38. The quantitative estimate of drug-likeness (QED) is 0.298. The molecule has 0 aliphatic carbocycles. The Hall–Kier alpha value is -4.12. The summed E-state index contributed by atoms with van der Waals surface area (Å²) in [7, 11) is -1.08. The Morgan fingerprint density at radius 2 is 1.57 bits per heavy atom. The monoisotopic (exact) mass is 599 g/mol. The molecule has 9 nitrogen and oxygen atoms in total. The van der Waals surface area contributed by atoms with Gasteiger partial charge in [0.1, 0.15) is 18.4 Å². The maximum absolute atomic E-state index is 14.1. The van der Waals surface area contributed by atoms with E-state index in [1.807, 2.05) is 44.2 Å². The van der Waals surface area contributed by atoms with E-state index in [0.717, 1.165) is 16.1 Å². The number of benzene rings is 3. The van der Waals surface area contributed by atoms with E-state index >= 15 is 0 Å². The molecule has 0 saturated heterocycles. The van der Waals surface area contributed by atoms with Gasteiger partial charge in [-0.15, -0.1) is 0 Å². The van der Waals surface area contributed by atoms with E-state index in [9.17, 15) is 22.4 Å². The van der Waals surface area contributed by atoms with Crippen molar-refractivity contribution in [3.05, 3.63) is 89.7 Å². The molecule has 0 aromatic heterocycles. The third kappa shape index (κ3) is 8.69. The van der Waals surface area contributed by atoms with Gasteiger partial charge < -0.3 is 19.7 Å². The highest BCUT2D eigenvalue weighted by atomic mass is 32.2. The van der Waals surface area contributed by atoms with Gasteiger partial charge in [-0.05, 0) is 48.7 Å². The molecule has 0 unspecified atom stereocenters. The van der Waals surface area contributed by atoms with Crippen LogP contribution in [0.25, 0.3) is 0 Å². The molecule has 0 fully saturated rings. The number of hydrogen-bond acceptors (Lipinski definition) is 6. The number of nitrogens with one attached hydrogen (secondary N) is 1. The SMILES string of the molecule is CC[C@@H](C)NC(=O)[C@@H](Cc1ccccc1)N(Cc1ccc(F)cc1)C(=O)CN(c1ccc(OC)c(OC)c1)S(C)(=O)=O. The number of sulfonamides is 1. The van der Waals surface area contributed by atoms with Gasteiger partial charge in [0.05, 0.1) is 26.2 Å². The average molecular weight is 600 g/mol. The smallest absolute Gasteiger partial charge is 0.244 e. The molecule has 1 N–H and O–H groups in total. The second-order valence-electron chi connectivity index (χ2n) is 9.98. The summed E-state index contributed by atoms with van der Waals surface area (Å²) in [4.78, 5) is 29.2. The van der Waals surface area contributed by atoms with Crippen LogP contribution < -0.4 is 19.1 Å². The second-order valence-corrected chi connectivity index (χ2v) is 11.9. The van der Waals surface area contributed by atoms with Crippen molar-refractivity contribution >= 4 is 27.5 Å². The molecule has 3 rings (SSSR count). The minimum atomic E-state index is -3.96. The van der Waals surface area contributed by atoms with E-state index < -0.39 is 34.3 Å². The predicted octanol–water partition coefficient (Wildman–Crippen LogP) is 4.16. The van der Waals surface area contributed by atoms with Crippen molar-refractivity contribution in [3.63, 3.8) is 0 Å². The lowest BCUT2D eigenvalue weighted by Crippen LogP contribution is -2.54. The molecule has 0 aliphatic rings. The molecule has 0 radical (unpaired) electrons. The van der Waals surface area contributed by atoms with Crippen molar-refractivity contribution in [2.45, 2.75) is 45.3 Å². The molecular weight excluding hydrogens is 561 g/mol. The van der Waals surface area contributed by atoms with Crippen molar-refractivity contribution in [2.24, 2.45) is 0 Å². The van der Waals surface area contributed by atoms with Gasteiger partial charge in [0.15, 0.2) is 11.5 Å². The largest absolute Gasteiger partial charge is 0.493 e. The first-order valence-corrected chi connectivity index (χ1v) is 15.4. The fourth-order valence-corrected chi connectivity index (χ4v) is 5.22. The normalized spacial score (nSPS) is 12.6. The maximum atomic E-state index is 14.1. The Morgan fingerprint density at radius 1 is 0.929 bits per heavy atom. The number of anilines is 1. The summed E-state index contributed by atoms with van der Waals surface area (Å²) in [5.74, 6) is -0.748. The molecule has 0 saturated carbocycles. The molecular formula is C31H38FN3O6S. The van der Waals surface area contributed by atoms with Crippen molar-refractivity contribution < 1.29 is 31.9 Å². The summed E-state index contributed by atoms with van der Waals surface area (Å²) in [5.41, 5.74) is 1.59. The zero-order chi connectivity index (χ0) is 30.9. The zero-order valence-corrected chi connectivity index (χ0v) is 25.4. The third-order valence-electron chi connectivity index (χ3n) is 6.87. The highest BCUT2D eigenvalue weighted by Crippen LogP contribution is 2.32. The first kappa shape index (κ1) is 32.4. The summed E-state index contributed by atoms with van der Waals surface area (Å²) in [6.07, 6.45) is 1.86.